The molecule has 0 amide bonds. The number of fused-ring (bicyclic) bond motifs is 4. The Morgan fingerprint density at radius 1 is 1.21 bits per heavy atom. The van der Waals surface area contributed by atoms with Crippen molar-refractivity contribution in [3.05, 3.63) is 23.0 Å². The number of hydrogen-bond donors (Lipinski definition) is 5. The monoisotopic (exact) mass is 627 g/mol. The van der Waals surface area contributed by atoms with Crippen LogP contribution in [0.25, 0.3) is 22.3 Å². The zero-order chi connectivity index (χ0) is 29.4. The molecule has 7 atom stereocenters. The number of halogens is 1. The van der Waals surface area contributed by atoms with E-state index in [0.29, 0.717) is 11.2 Å². The van der Waals surface area contributed by atoms with Gasteiger partial charge in [0.15, 0.2) is 22.6 Å². The summed E-state index contributed by atoms with van der Waals surface area (Å²) in [5.41, 5.74) is 8.59. The van der Waals surface area contributed by atoms with Crippen LogP contribution in [0, 0.1) is 5.92 Å². The summed E-state index contributed by atoms with van der Waals surface area (Å²) in [5, 5.41) is 18.9. The summed E-state index contributed by atoms with van der Waals surface area (Å²) >= 11 is 5.09. The zero-order valence-corrected chi connectivity index (χ0v) is 23.0. The van der Waals surface area contributed by atoms with Gasteiger partial charge in [0.1, 0.15) is 30.5 Å². The lowest BCUT2D eigenvalue weighted by Gasteiger charge is -2.55. The maximum absolute atomic E-state index is 15.6. The quantitative estimate of drug-likeness (QED) is 0.166. The lowest BCUT2D eigenvalue weighted by molar-refractivity contribution is -0.265. The molecule has 2 aliphatic heterocycles. The summed E-state index contributed by atoms with van der Waals surface area (Å²) < 4.78 is 46.2. The molecule has 2 saturated heterocycles. The molecular formula is C20H23FN11O8PS. The fourth-order valence-corrected chi connectivity index (χ4v) is 7.02. The topological polar surface area (TPSA) is 259 Å². The summed E-state index contributed by atoms with van der Waals surface area (Å²) in [5.74, 6) is -0.661. The lowest BCUT2D eigenvalue weighted by Crippen LogP contribution is -2.67. The van der Waals surface area contributed by atoms with E-state index < -0.39 is 55.0 Å². The molecule has 4 aromatic heterocycles. The maximum Gasteiger partial charge on any atom is 0.327 e. The van der Waals surface area contributed by atoms with Crippen molar-refractivity contribution in [3.8, 4) is 0 Å². The van der Waals surface area contributed by atoms with E-state index in [4.69, 9.17) is 46.5 Å². The van der Waals surface area contributed by atoms with Gasteiger partial charge in [-0.05, 0) is 11.8 Å². The molecule has 7 rings (SSSR count). The molecule has 4 aromatic rings. The van der Waals surface area contributed by atoms with Gasteiger partial charge in [0.05, 0.1) is 25.1 Å². The van der Waals surface area contributed by atoms with Gasteiger partial charge < -0.3 is 40.2 Å². The number of rotatable bonds is 2. The largest absolute Gasteiger partial charge is 0.387 e. The van der Waals surface area contributed by atoms with Crippen molar-refractivity contribution >= 4 is 52.6 Å². The SMILES string of the molecule is Nc1nc2c(nnn2[C@@H]2OCOCC3(O)CC4(COP(O)(=S)O[C@@H]2F)O[C@@H](n2cnc5c(N)ncnc52)C[C@H]34)c(=O)[nH]1. The van der Waals surface area contributed by atoms with Gasteiger partial charge in [-0.3, -0.25) is 18.9 Å². The number of nitrogen functional groups attached to an aromatic ring is 2. The predicted octanol–water partition coefficient (Wildman–Crippen LogP) is -1.02. The van der Waals surface area contributed by atoms with Crippen LogP contribution in [0.15, 0.2) is 17.4 Å². The van der Waals surface area contributed by atoms with Gasteiger partial charge >= 0.3 is 6.72 Å². The number of H-pyrrole nitrogens is 1. The molecule has 22 heteroatoms. The highest BCUT2D eigenvalue weighted by atomic mass is 32.5. The highest BCUT2D eigenvalue weighted by molar-refractivity contribution is 8.07. The Hall–Kier alpha value is -3.27. The second kappa shape index (κ2) is 9.62. The second-order valence-electron chi connectivity index (χ2n) is 10.2. The van der Waals surface area contributed by atoms with Gasteiger partial charge in [-0.15, -0.1) is 5.10 Å². The van der Waals surface area contributed by atoms with E-state index in [0.717, 1.165) is 4.68 Å². The summed E-state index contributed by atoms with van der Waals surface area (Å²) in [6, 6.07) is 0. The molecule has 3 fully saturated rings. The van der Waals surface area contributed by atoms with Crippen LogP contribution in [0.3, 0.4) is 0 Å². The Balaban J connectivity index is 1.17. The fraction of sp³-hybridized carbons (Fsp3) is 0.550. The van der Waals surface area contributed by atoms with Crippen LogP contribution in [0.2, 0.25) is 0 Å². The van der Waals surface area contributed by atoms with Crippen molar-refractivity contribution < 1.29 is 37.6 Å². The number of nitrogens with zero attached hydrogens (tertiary/aromatic N) is 8. The van der Waals surface area contributed by atoms with Crippen molar-refractivity contribution in [2.45, 2.75) is 42.9 Å². The average Bonchev–Trinajstić information content (AvgIpc) is 3.62. The number of ether oxygens (including phenoxy) is 3. The van der Waals surface area contributed by atoms with Crippen LogP contribution in [0.5, 0.6) is 0 Å². The molecule has 1 spiro atoms. The van der Waals surface area contributed by atoms with E-state index in [1.165, 1.54) is 12.7 Å². The first-order chi connectivity index (χ1) is 20.0. The molecule has 224 valence electrons. The van der Waals surface area contributed by atoms with Crippen LogP contribution in [-0.2, 0) is 35.1 Å². The molecule has 2 bridgehead atoms. The minimum absolute atomic E-state index is 0.0302. The zero-order valence-electron chi connectivity index (χ0n) is 21.3. The van der Waals surface area contributed by atoms with Crippen molar-refractivity contribution in [2.24, 2.45) is 5.92 Å². The highest BCUT2D eigenvalue weighted by Crippen LogP contribution is 2.61. The van der Waals surface area contributed by atoms with E-state index in [2.05, 4.69) is 35.2 Å². The molecule has 0 radical (unpaired) electrons. The van der Waals surface area contributed by atoms with Gasteiger partial charge in [-0.2, -0.15) is 9.67 Å². The van der Waals surface area contributed by atoms with E-state index in [1.54, 1.807) is 4.57 Å². The summed E-state index contributed by atoms with van der Waals surface area (Å²) in [6.45, 7) is -5.44. The Morgan fingerprint density at radius 3 is 2.88 bits per heavy atom. The maximum atomic E-state index is 15.6. The van der Waals surface area contributed by atoms with E-state index in [9.17, 15) is 14.8 Å². The van der Waals surface area contributed by atoms with E-state index in [-0.39, 0.29) is 49.0 Å². The Bertz CT molecular complexity index is 1810. The first kappa shape index (κ1) is 27.6. The third kappa shape index (κ3) is 4.36. The van der Waals surface area contributed by atoms with Crippen LogP contribution in [-0.4, -0.2) is 92.0 Å². The van der Waals surface area contributed by atoms with Gasteiger partial charge in [0.25, 0.3) is 11.9 Å². The number of hydrogen-bond acceptors (Lipinski definition) is 16. The average molecular weight is 628 g/mol. The standard InChI is InChI=1S/C20H23FN11O8PS/c21-12-17(32-15-11(29-30-32)16(33)28-18(23)27-15)37-7-36-3-19(34)2-20(4-38-41(35,42)40-12)8(19)1-9(39-20)31-6-26-10-13(22)24-5-25-14(10)31/h5-6,8-9,12,17,34H,1-4,7H2,(H,35,42)(H2,22,24,25)(H3,23,27,28,33)/t8-,9-,12+,17-,19?,20?,41?/m1/s1. The van der Waals surface area contributed by atoms with E-state index in [1.807, 2.05) is 0 Å². The van der Waals surface area contributed by atoms with Crippen molar-refractivity contribution in [1.29, 1.82) is 0 Å². The molecule has 3 unspecified atom stereocenters. The predicted molar refractivity (Wildman–Crippen MR) is 140 cm³/mol. The van der Waals surface area contributed by atoms with Gasteiger partial charge in [-0.1, -0.05) is 5.21 Å². The number of alkyl halides is 1. The normalized spacial score (nSPS) is 35.7. The molecule has 1 saturated carbocycles. The first-order valence-corrected chi connectivity index (χ1v) is 15.0. The number of imidazole rings is 1. The summed E-state index contributed by atoms with van der Waals surface area (Å²) in [6.07, 6.45) is -1.85. The molecule has 19 nitrogen and oxygen atoms in total. The van der Waals surface area contributed by atoms with Crippen molar-refractivity contribution in [1.82, 2.24) is 44.5 Å². The first-order valence-electron chi connectivity index (χ1n) is 12.4. The second-order valence-corrected chi connectivity index (χ2v) is 13.0. The molecule has 7 N–H and O–H groups in total. The number of aromatic amines is 1. The minimum Gasteiger partial charge on any atom is -0.387 e. The Kier molecular flexibility index (Phi) is 6.31. The molecule has 42 heavy (non-hydrogen) atoms. The summed E-state index contributed by atoms with van der Waals surface area (Å²) in [7, 11) is 0. The number of aromatic nitrogens is 9. The Labute approximate surface area is 238 Å². The smallest absolute Gasteiger partial charge is 0.327 e. The molecule has 6 heterocycles. The van der Waals surface area contributed by atoms with Gasteiger partial charge in [0, 0.05) is 18.8 Å². The van der Waals surface area contributed by atoms with Crippen LogP contribution < -0.4 is 17.0 Å². The summed E-state index contributed by atoms with van der Waals surface area (Å²) in [4.78, 5) is 41.6. The number of nitrogens with one attached hydrogen (secondary N) is 1. The van der Waals surface area contributed by atoms with Crippen molar-refractivity contribution in [3.63, 3.8) is 0 Å². The van der Waals surface area contributed by atoms with Crippen molar-refractivity contribution in [2.75, 3.05) is 31.5 Å². The van der Waals surface area contributed by atoms with Gasteiger partial charge in [-0.25, -0.2) is 19.3 Å². The van der Waals surface area contributed by atoms with Crippen LogP contribution in [0.4, 0.5) is 16.2 Å². The molecule has 1 aliphatic carbocycles. The number of nitrogens with two attached hydrogens (primary N) is 2. The molecule has 3 aliphatic rings. The molecular weight excluding hydrogens is 604 g/mol. The lowest BCUT2D eigenvalue weighted by atomic mass is 9.58. The van der Waals surface area contributed by atoms with Crippen LogP contribution >= 0.6 is 6.72 Å². The number of aliphatic hydroxyl groups is 1. The number of anilines is 2. The minimum atomic E-state index is -4.30. The highest BCUT2D eigenvalue weighted by Gasteiger charge is 2.69. The van der Waals surface area contributed by atoms with E-state index >= 15 is 4.39 Å². The van der Waals surface area contributed by atoms with Gasteiger partial charge in [0.2, 0.25) is 12.2 Å². The van der Waals surface area contributed by atoms with Crippen LogP contribution in [0.1, 0.15) is 25.3 Å². The third-order valence-electron chi connectivity index (χ3n) is 7.59. The fourth-order valence-electron chi connectivity index (χ4n) is 5.81. The third-order valence-corrected chi connectivity index (χ3v) is 9.09. The Morgan fingerprint density at radius 2 is 2.05 bits per heavy atom. The molecule has 0 aromatic carbocycles.